The normalized spacial score (nSPS) is 14.1. The van der Waals surface area contributed by atoms with Crippen molar-refractivity contribution in [3.8, 4) is 39.3 Å². The number of nitrogens with one attached hydrogen (secondary N) is 3. The summed E-state index contributed by atoms with van der Waals surface area (Å²) in [6.45, 7) is 3.88. The average Bonchev–Trinajstić information content (AvgIpc) is 1.60. The highest BCUT2D eigenvalue weighted by atomic mass is 16.7. The molecule has 0 amide bonds. The predicted molar refractivity (Wildman–Crippen MR) is 426 cm³/mol. The Morgan fingerprint density at radius 2 is 0.457 bits per heavy atom. The van der Waals surface area contributed by atoms with Crippen LogP contribution in [0, 0.1) is 0 Å². The molecular formula is C93H74N6O6. The van der Waals surface area contributed by atoms with Crippen LogP contribution in [-0.4, -0.2) is 53.3 Å². The quantitative estimate of drug-likeness (QED) is 0.0981. The molecule has 105 heavy (non-hydrogen) atoms. The molecule has 3 aliphatic heterocycles. The summed E-state index contributed by atoms with van der Waals surface area (Å²) >= 11 is 0. The maximum absolute atomic E-state index is 5.69. The third-order valence-corrected chi connectivity index (χ3v) is 19.8. The maximum Gasteiger partial charge on any atom is 0.184 e. The Morgan fingerprint density at radius 3 is 0.838 bits per heavy atom. The Bertz CT molecular complexity index is 5870. The average molecular weight is 1370 g/mol. The molecule has 3 aromatic heterocycles. The molecule has 0 spiro atoms. The molecule has 0 unspecified atom stereocenters. The van der Waals surface area contributed by atoms with E-state index >= 15 is 0 Å². The summed E-state index contributed by atoms with van der Waals surface area (Å²) in [6.07, 6.45) is -0.782. The molecule has 20 rings (SSSR count). The predicted octanol–water partition coefficient (Wildman–Crippen LogP) is 23.1. The summed E-state index contributed by atoms with van der Waals surface area (Å²) < 4.78 is 41.0. The van der Waals surface area contributed by atoms with Gasteiger partial charge in [0.2, 0.25) is 0 Å². The SMILES string of the molecule is c1ccc(Nc2ccc(-c3ccc4c(c3)c3ccccc3n4-c3ccc(C4OCCO4)cc3)cc2)cc1.c1ccc(Nc2ccc3c(c2)c2cc(-c4ccccc4)ccc2n3-c2ccc(C3OCCO3)cc2)cc1.c1ccc(Nc2ccc3c(c2)c2ccccc2n3-c2ccc(C3OCCO3)cc2)cc1. The molecule has 12 heteroatoms. The molecule has 0 saturated carbocycles. The van der Waals surface area contributed by atoms with Gasteiger partial charge in [0.05, 0.1) is 72.7 Å². The topological polar surface area (TPSA) is 106 Å². The first-order chi connectivity index (χ1) is 52.0. The Hall–Kier alpha value is -12.4. The number of fused-ring (bicyclic) bond motifs is 9. The zero-order valence-corrected chi connectivity index (χ0v) is 57.6. The van der Waals surface area contributed by atoms with Crippen LogP contribution in [0.4, 0.5) is 34.1 Å². The Labute approximate surface area is 608 Å². The van der Waals surface area contributed by atoms with E-state index in [1.165, 1.54) is 87.7 Å². The minimum absolute atomic E-state index is 0.251. The van der Waals surface area contributed by atoms with Crippen molar-refractivity contribution in [1.29, 1.82) is 0 Å². The lowest BCUT2D eigenvalue weighted by molar-refractivity contribution is -0.0443. The zero-order valence-electron chi connectivity index (χ0n) is 57.6. The summed E-state index contributed by atoms with van der Waals surface area (Å²) in [5.41, 5.74) is 24.9. The highest BCUT2D eigenvalue weighted by Crippen LogP contribution is 2.41. The van der Waals surface area contributed by atoms with Crippen molar-refractivity contribution in [3.05, 3.63) is 356 Å². The van der Waals surface area contributed by atoms with Crippen LogP contribution in [0.1, 0.15) is 35.6 Å². The van der Waals surface area contributed by atoms with Crippen LogP contribution in [0.2, 0.25) is 0 Å². The van der Waals surface area contributed by atoms with Crippen LogP contribution in [0.3, 0.4) is 0 Å². The highest BCUT2D eigenvalue weighted by molar-refractivity contribution is 6.13. The van der Waals surface area contributed by atoms with Gasteiger partial charge in [-0.3, -0.25) is 0 Å². The van der Waals surface area contributed by atoms with Crippen molar-refractivity contribution in [2.24, 2.45) is 0 Å². The molecule has 512 valence electrons. The molecule has 0 radical (unpaired) electrons. The number of rotatable bonds is 14. The van der Waals surface area contributed by atoms with Crippen molar-refractivity contribution in [2.75, 3.05) is 55.6 Å². The van der Waals surface area contributed by atoms with Crippen LogP contribution in [0.5, 0.6) is 0 Å². The summed E-state index contributed by atoms with van der Waals surface area (Å²) in [6, 6.07) is 119. The van der Waals surface area contributed by atoms with Crippen LogP contribution in [0.15, 0.2) is 340 Å². The fourth-order valence-corrected chi connectivity index (χ4v) is 14.8. The fraction of sp³-hybridized carbons (Fsp3) is 0.0968. The Kier molecular flexibility index (Phi) is 18.0. The van der Waals surface area contributed by atoms with Gasteiger partial charge in [-0.15, -0.1) is 0 Å². The lowest BCUT2D eigenvalue weighted by Gasteiger charge is -2.12. The van der Waals surface area contributed by atoms with Crippen molar-refractivity contribution in [3.63, 3.8) is 0 Å². The number of hydrogen-bond donors (Lipinski definition) is 3. The largest absolute Gasteiger partial charge is 0.356 e. The smallest absolute Gasteiger partial charge is 0.184 e. The zero-order chi connectivity index (χ0) is 69.8. The van der Waals surface area contributed by atoms with Gasteiger partial charge in [-0.25, -0.2) is 0 Å². The van der Waals surface area contributed by atoms with E-state index in [-0.39, 0.29) is 18.9 Å². The van der Waals surface area contributed by atoms with E-state index in [4.69, 9.17) is 28.4 Å². The summed E-state index contributed by atoms with van der Waals surface area (Å²) in [5.74, 6) is 0. The lowest BCUT2D eigenvalue weighted by atomic mass is 10.0. The van der Waals surface area contributed by atoms with E-state index in [9.17, 15) is 0 Å². The van der Waals surface area contributed by atoms with E-state index in [1.54, 1.807) is 0 Å². The molecular weight excluding hydrogens is 1300 g/mol. The number of benzene rings is 14. The van der Waals surface area contributed by atoms with Crippen LogP contribution >= 0.6 is 0 Å². The number of nitrogens with zero attached hydrogens (tertiary/aromatic N) is 3. The molecule has 3 fully saturated rings. The first-order valence-electron chi connectivity index (χ1n) is 35.8. The summed E-state index contributed by atoms with van der Waals surface area (Å²) in [5, 5.41) is 17.9. The van der Waals surface area contributed by atoms with E-state index in [2.05, 4.69) is 315 Å². The first-order valence-corrected chi connectivity index (χ1v) is 35.8. The minimum atomic E-state index is -0.271. The van der Waals surface area contributed by atoms with Gasteiger partial charge >= 0.3 is 0 Å². The minimum Gasteiger partial charge on any atom is -0.356 e. The van der Waals surface area contributed by atoms with Crippen molar-refractivity contribution in [1.82, 2.24) is 13.7 Å². The Morgan fingerprint density at radius 1 is 0.200 bits per heavy atom. The molecule has 0 atom stereocenters. The van der Waals surface area contributed by atoms with Gasteiger partial charge in [0.1, 0.15) is 0 Å². The van der Waals surface area contributed by atoms with E-state index in [0.29, 0.717) is 39.6 Å². The second-order valence-corrected chi connectivity index (χ2v) is 26.4. The molecule has 3 saturated heterocycles. The molecule has 3 aliphatic rings. The van der Waals surface area contributed by atoms with Crippen molar-refractivity contribution in [2.45, 2.75) is 18.9 Å². The monoisotopic (exact) mass is 1370 g/mol. The number of anilines is 6. The lowest BCUT2D eigenvalue weighted by Crippen LogP contribution is -1.99. The standard InChI is InChI=1S/2C33H26N2O2.C27H22N2O2/c1-3-7-23(8-4-1)25-13-17-31-29(21-25)30-22-27(34-26-9-5-2-6-10-26)14-18-32(30)35(31)28-15-11-24(12-16-28)33-36-19-20-37-33;1-2-6-26(7-3-1)34-27-15-10-23(11-16-27)25-14-19-32-30(22-25)29-8-4-5-9-31(29)35(32)28-17-12-24(13-18-28)33-36-20-21-37-33;1-2-6-20(7-3-1)28-21-12-15-26-24(18-21)23-8-4-5-9-25(23)29(26)22-13-10-19(11-14-22)27-30-16-17-31-27/h1-18,21-22,33-34H,19-20H2;1-19,22,33-34H,20-21H2;1-15,18,27-28H,16-17H2. The van der Waals surface area contributed by atoms with Crippen molar-refractivity contribution < 1.29 is 28.4 Å². The molecule has 3 N–H and O–H groups in total. The van der Waals surface area contributed by atoms with Gasteiger partial charge in [0.15, 0.2) is 18.9 Å². The Balaban J connectivity index is 0.000000112. The third kappa shape index (κ3) is 13.4. The second-order valence-electron chi connectivity index (χ2n) is 26.4. The van der Waals surface area contributed by atoms with Crippen LogP contribution in [-0.2, 0) is 28.4 Å². The molecule has 17 aromatic rings. The summed E-state index contributed by atoms with van der Waals surface area (Å²) in [7, 11) is 0. The summed E-state index contributed by atoms with van der Waals surface area (Å²) in [4.78, 5) is 0. The number of hydrogen-bond acceptors (Lipinski definition) is 9. The molecule has 6 heterocycles. The van der Waals surface area contributed by atoms with Crippen molar-refractivity contribution >= 4 is 99.5 Å². The maximum atomic E-state index is 5.69. The molecule has 0 bridgehead atoms. The van der Waals surface area contributed by atoms with Gasteiger partial charge < -0.3 is 58.1 Å². The van der Waals surface area contributed by atoms with Crippen LogP contribution < -0.4 is 16.0 Å². The molecule has 0 aliphatic carbocycles. The van der Waals surface area contributed by atoms with E-state index < -0.39 is 0 Å². The second kappa shape index (κ2) is 29.2. The first kappa shape index (κ1) is 64.7. The highest BCUT2D eigenvalue weighted by Gasteiger charge is 2.23. The van der Waals surface area contributed by atoms with Gasteiger partial charge in [-0.05, 0) is 180 Å². The van der Waals surface area contributed by atoms with Crippen LogP contribution in [0.25, 0.3) is 105 Å². The fourth-order valence-electron chi connectivity index (χ4n) is 14.8. The van der Waals surface area contributed by atoms with Gasteiger partial charge in [-0.2, -0.15) is 0 Å². The third-order valence-electron chi connectivity index (χ3n) is 19.8. The number of ether oxygens (including phenoxy) is 6. The van der Waals surface area contributed by atoms with Gasteiger partial charge in [0, 0.05) is 100 Å². The molecule has 14 aromatic carbocycles. The number of para-hydroxylation sites is 5. The number of aromatic nitrogens is 3. The van der Waals surface area contributed by atoms with Gasteiger partial charge in [0.25, 0.3) is 0 Å². The molecule has 12 nitrogen and oxygen atoms in total. The van der Waals surface area contributed by atoms with Gasteiger partial charge in [-0.1, -0.05) is 182 Å². The van der Waals surface area contributed by atoms with E-state index in [0.717, 1.165) is 67.9 Å². The van der Waals surface area contributed by atoms with E-state index in [1.807, 2.05) is 54.6 Å².